The zero-order chi connectivity index (χ0) is 16.9. The molecule has 2 aromatic rings. The molecule has 4 rings (SSSR count). The molecule has 2 fully saturated rings. The largest absolute Gasteiger partial charge is 0.494 e. The van der Waals surface area contributed by atoms with E-state index in [2.05, 4.69) is 38.0 Å². The first-order valence-corrected chi connectivity index (χ1v) is 8.69. The van der Waals surface area contributed by atoms with Crippen LogP contribution in [0.4, 0.5) is 0 Å². The molecule has 1 aromatic carbocycles. The van der Waals surface area contributed by atoms with Gasteiger partial charge in [-0.2, -0.15) is 0 Å². The molecule has 0 bridgehead atoms. The van der Waals surface area contributed by atoms with Crippen LogP contribution in [0.1, 0.15) is 53.2 Å². The monoisotopic (exact) mass is 329 g/mol. The van der Waals surface area contributed by atoms with Gasteiger partial charge in [0, 0.05) is 6.61 Å². The Kier molecular flexibility index (Phi) is 3.71. The Hall–Kier alpha value is -1.44. The number of benzene rings is 1. The zero-order valence-electron chi connectivity index (χ0n) is 14.8. The molecule has 128 valence electrons. The van der Waals surface area contributed by atoms with E-state index in [9.17, 15) is 0 Å². The normalized spacial score (nSPS) is 26.2. The number of fused-ring (bicyclic) bond motifs is 1. The summed E-state index contributed by atoms with van der Waals surface area (Å²) in [6, 6.07) is 6.07. The molecule has 1 atom stereocenters. The minimum absolute atomic E-state index is 0.00792. The molecule has 0 spiro atoms. The van der Waals surface area contributed by atoms with Crippen LogP contribution in [-0.4, -0.2) is 39.9 Å². The molecule has 0 N–H and O–H groups in total. The summed E-state index contributed by atoms with van der Waals surface area (Å²) in [6.07, 6.45) is 3.26. The van der Waals surface area contributed by atoms with E-state index in [1.807, 2.05) is 22.9 Å². The predicted molar refractivity (Wildman–Crippen MR) is 92.1 cm³/mol. The maximum atomic E-state index is 6.12. The highest BCUT2D eigenvalue weighted by Gasteiger charge is 2.51. The van der Waals surface area contributed by atoms with Crippen molar-refractivity contribution in [2.45, 2.75) is 64.4 Å². The second-order valence-electron chi connectivity index (χ2n) is 7.69. The predicted octanol–water partition coefficient (Wildman–Crippen LogP) is 2.43. The Labute approximate surface area is 142 Å². The molecule has 1 aromatic heterocycles. The third kappa shape index (κ3) is 2.55. The lowest BCUT2D eigenvalue weighted by Gasteiger charge is -2.32. The molecule has 0 amide bonds. The molecular formula is C17H24BN3O3. The van der Waals surface area contributed by atoms with Crippen molar-refractivity contribution in [1.29, 1.82) is 0 Å². The Morgan fingerprint density at radius 3 is 2.54 bits per heavy atom. The maximum absolute atomic E-state index is 6.12. The number of nitrogens with zero attached hydrogens (tertiary/aromatic N) is 3. The highest BCUT2D eigenvalue weighted by molar-refractivity contribution is 6.62. The maximum Gasteiger partial charge on any atom is 0.494 e. The minimum Gasteiger partial charge on any atom is -0.399 e. The second kappa shape index (κ2) is 5.54. The Bertz CT molecular complexity index is 737. The van der Waals surface area contributed by atoms with Gasteiger partial charge in [0.1, 0.15) is 5.52 Å². The van der Waals surface area contributed by atoms with E-state index in [1.54, 1.807) is 0 Å². The third-order valence-corrected chi connectivity index (χ3v) is 5.45. The Morgan fingerprint density at radius 2 is 1.88 bits per heavy atom. The first-order chi connectivity index (χ1) is 11.4. The molecular weight excluding hydrogens is 305 g/mol. The fraction of sp³-hybridized carbons (Fsp3) is 0.647. The van der Waals surface area contributed by atoms with E-state index in [0.29, 0.717) is 0 Å². The van der Waals surface area contributed by atoms with Gasteiger partial charge < -0.3 is 14.0 Å². The van der Waals surface area contributed by atoms with Crippen LogP contribution in [0.3, 0.4) is 0 Å². The van der Waals surface area contributed by atoms with Crippen LogP contribution in [0.5, 0.6) is 0 Å². The van der Waals surface area contributed by atoms with Crippen LogP contribution >= 0.6 is 0 Å². The first-order valence-electron chi connectivity index (χ1n) is 8.69. The molecule has 6 nitrogen and oxygen atoms in total. The molecule has 24 heavy (non-hydrogen) atoms. The SMILES string of the molecule is CC1(C)OB(c2ccc3c(c2)nnn3C2CCCCO2)OC1(C)C. The molecule has 0 saturated carbocycles. The lowest BCUT2D eigenvalue weighted by molar-refractivity contribution is -0.0377. The molecule has 2 saturated heterocycles. The summed E-state index contributed by atoms with van der Waals surface area (Å²) in [4.78, 5) is 0. The van der Waals surface area contributed by atoms with Gasteiger partial charge >= 0.3 is 7.12 Å². The van der Waals surface area contributed by atoms with E-state index in [-0.39, 0.29) is 24.5 Å². The Balaban J connectivity index is 1.63. The molecule has 0 radical (unpaired) electrons. The highest BCUT2D eigenvalue weighted by atomic mass is 16.7. The molecule has 1 unspecified atom stereocenters. The van der Waals surface area contributed by atoms with Gasteiger partial charge in [-0.3, -0.25) is 0 Å². The number of ether oxygens (including phenoxy) is 1. The first kappa shape index (κ1) is 16.1. The number of hydrogen-bond acceptors (Lipinski definition) is 5. The second-order valence-corrected chi connectivity index (χ2v) is 7.69. The molecule has 3 heterocycles. The lowest BCUT2D eigenvalue weighted by atomic mass is 9.79. The number of aromatic nitrogens is 3. The average molecular weight is 329 g/mol. The summed E-state index contributed by atoms with van der Waals surface area (Å²) in [7, 11) is -0.379. The summed E-state index contributed by atoms with van der Waals surface area (Å²) in [5.41, 5.74) is 2.11. The fourth-order valence-electron chi connectivity index (χ4n) is 3.21. The summed E-state index contributed by atoms with van der Waals surface area (Å²) < 4.78 is 20.0. The topological polar surface area (TPSA) is 58.4 Å². The van der Waals surface area contributed by atoms with Gasteiger partial charge in [0.05, 0.1) is 16.7 Å². The van der Waals surface area contributed by atoms with Gasteiger partial charge in [-0.1, -0.05) is 11.3 Å². The van der Waals surface area contributed by atoms with Crippen molar-refractivity contribution in [2.75, 3.05) is 6.61 Å². The van der Waals surface area contributed by atoms with Crippen molar-refractivity contribution < 1.29 is 14.0 Å². The lowest BCUT2D eigenvalue weighted by Crippen LogP contribution is -2.41. The van der Waals surface area contributed by atoms with Crippen LogP contribution in [-0.2, 0) is 14.0 Å². The molecule has 7 heteroatoms. The summed E-state index contributed by atoms with van der Waals surface area (Å²) in [5.74, 6) is 0. The quantitative estimate of drug-likeness (QED) is 0.792. The highest BCUT2D eigenvalue weighted by Crippen LogP contribution is 2.36. The van der Waals surface area contributed by atoms with Crippen LogP contribution in [0, 0.1) is 0 Å². The van der Waals surface area contributed by atoms with Crippen LogP contribution in [0.25, 0.3) is 11.0 Å². The third-order valence-electron chi connectivity index (χ3n) is 5.45. The van der Waals surface area contributed by atoms with Gasteiger partial charge in [0.2, 0.25) is 0 Å². The Morgan fingerprint density at radius 1 is 1.12 bits per heavy atom. The van der Waals surface area contributed by atoms with E-state index in [4.69, 9.17) is 14.0 Å². The number of rotatable bonds is 2. The van der Waals surface area contributed by atoms with Crippen molar-refractivity contribution in [3.8, 4) is 0 Å². The molecule has 0 aliphatic carbocycles. The molecule has 2 aliphatic heterocycles. The summed E-state index contributed by atoms with van der Waals surface area (Å²) in [6.45, 7) is 9.02. The smallest absolute Gasteiger partial charge is 0.399 e. The van der Waals surface area contributed by atoms with Gasteiger partial charge in [0.25, 0.3) is 0 Å². The van der Waals surface area contributed by atoms with E-state index < -0.39 is 0 Å². The van der Waals surface area contributed by atoms with Crippen LogP contribution in [0.15, 0.2) is 18.2 Å². The molecule has 2 aliphatic rings. The van der Waals surface area contributed by atoms with Gasteiger partial charge in [0.15, 0.2) is 6.23 Å². The standard InChI is InChI=1S/C17H24BN3O3/c1-16(2)17(3,4)24-18(23-16)12-8-9-14-13(11-12)19-20-21(14)15-7-5-6-10-22-15/h8-9,11,15H,5-7,10H2,1-4H3. The van der Waals surface area contributed by atoms with Crippen molar-refractivity contribution in [1.82, 2.24) is 15.0 Å². The number of hydrogen-bond donors (Lipinski definition) is 0. The van der Waals surface area contributed by atoms with Gasteiger partial charge in [-0.25, -0.2) is 4.68 Å². The van der Waals surface area contributed by atoms with E-state index in [1.165, 1.54) is 0 Å². The zero-order valence-corrected chi connectivity index (χ0v) is 14.8. The van der Waals surface area contributed by atoms with Gasteiger partial charge in [-0.05, 0) is 64.6 Å². The summed E-state index contributed by atoms with van der Waals surface area (Å²) in [5, 5.41) is 8.62. The van der Waals surface area contributed by atoms with Crippen molar-refractivity contribution >= 4 is 23.6 Å². The minimum atomic E-state index is -0.379. The van der Waals surface area contributed by atoms with Crippen molar-refractivity contribution in [3.63, 3.8) is 0 Å². The van der Waals surface area contributed by atoms with Crippen molar-refractivity contribution in [3.05, 3.63) is 18.2 Å². The fourth-order valence-corrected chi connectivity index (χ4v) is 3.21. The van der Waals surface area contributed by atoms with Crippen LogP contribution in [0.2, 0.25) is 0 Å². The van der Waals surface area contributed by atoms with Gasteiger partial charge in [-0.15, -0.1) is 5.10 Å². The van der Waals surface area contributed by atoms with Crippen molar-refractivity contribution in [2.24, 2.45) is 0 Å². The van der Waals surface area contributed by atoms with Crippen LogP contribution < -0.4 is 5.46 Å². The summed E-state index contributed by atoms with van der Waals surface area (Å²) >= 11 is 0. The van der Waals surface area contributed by atoms with E-state index in [0.717, 1.165) is 42.4 Å². The average Bonchev–Trinajstić information content (AvgIpc) is 3.06. The van der Waals surface area contributed by atoms with E-state index >= 15 is 0 Å².